The van der Waals surface area contributed by atoms with Crippen LogP contribution in [0.25, 0.3) is 0 Å². The molecule has 0 radical (unpaired) electrons. The molecule has 156 valence electrons. The number of nitro benzene ring substituents is 1. The van der Waals surface area contributed by atoms with Gasteiger partial charge in [0.25, 0.3) is 11.6 Å². The quantitative estimate of drug-likeness (QED) is 0.305. The largest absolute Gasteiger partial charge is 0.489 e. The highest BCUT2D eigenvalue weighted by Crippen LogP contribution is 2.36. The molecule has 1 N–H and O–H groups in total. The maximum Gasteiger partial charge on any atom is 0.269 e. The second-order valence-electron chi connectivity index (χ2n) is 6.35. The molecular formula is C20H16Cl2N2O5S. The van der Waals surface area contributed by atoms with Crippen molar-refractivity contribution in [2.24, 2.45) is 0 Å². The Morgan fingerprint density at radius 3 is 2.43 bits per heavy atom. The van der Waals surface area contributed by atoms with Crippen molar-refractivity contribution in [2.45, 2.75) is 20.0 Å². The summed E-state index contributed by atoms with van der Waals surface area (Å²) >= 11 is 13.5. The number of nitrogens with zero attached hydrogens (tertiary/aromatic N) is 1. The third kappa shape index (κ3) is 5.21. The molecule has 0 unspecified atom stereocenters. The van der Waals surface area contributed by atoms with E-state index in [-0.39, 0.29) is 16.8 Å². The van der Waals surface area contributed by atoms with Crippen molar-refractivity contribution < 1.29 is 19.2 Å². The van der Waals surface area contributed by atoms with E-state index in [1.165, 1.54) is 41.7 Å². The third-order valence-corrected chi connectivity index (χ3v) is 5.25. The summed E-state index contributed by atoms with van der Waals surface area (Å²) in [5.74, 6) is 0.654. The van der Waals surface area contributed by atoms with Gasteiger partial charge in [-0.2, -0.15) is 0 Å². The summed E-state index contributed by atoms with van der Waals surface area (Å²) < 4.78 is 11.3. The molecule has 7 nitrogen and oxygen atoms in total. The molecule has 0 atom stereocenters. The lowest BCUT2D eigenvalue weighted by atomic mass is 10.2. The van der Waals surface area contributed by atoms with Crippen LogP contribution >= 0.6 is 34.5 Å². The van der Waals surface area contributed by atoms with Crippen LogP contribution in [0.4, 0.5) is 11.4 Å². The van der Waals surface area contributed by atoms with Gasteiger partial charge >= 0.3 is 0 Å². The molecule has 3 aromatic rings. The summed E-state index contributed by atoms with van der Waals surface area (Å²) in [6, 6.07) is 10.3. The molecule has 1 aromatic heterocycles. The lowest BCUT2D eigenvalue weighted by molar-refractivity contribution is -0.384. The van der Waals surface area contributed by atoms with E-state index in [0.29, 0.717) is 32.8 Å². The number of carbonyl (C=O) groups excluding carboxylic acids is 1. The van der Waals surface area contributed by atoms with E-state index in [1.54, 1.807) is 17.5 Å². The van der Waals surface area contributed by atoms with Crippen molar-refractivity contribution in [2.75, 3.05) is 5.32 Å². The molecule has 0 saturated carbocycles. The Kier molecular flexibility index (Phi) is 6.81. The average molecular weight is 467 g/mol. The van der Waals surface area contributed by atoms with Crippen molar-refractivity contribution in [3.05, 3.63) is 72.9 Å². The number of anilines is 1. The molecule has 0 fully saturated rings. The first-order valence-corrected chi connectivity index (χ1v) is 10.3. The highest BCUT2D eigenvalue weighted by molar-refractivity contribution is 7.12. The normalized spacial score (nSPS) is 10.7. The number of nitro groups is 1. The van der Waals surface area contributed by atoms with Crippen molar-refractivity contribution in [1.29, 1.82) is 0 Å². The van der Waals surface area contributed by atoms with E-state index >= 15 is 0 Å². The van der Waals surface area contributed by atoms with E-state index in [0.717, 1.165) is 0 Å². The fourth-order valence-corrected chi connectivity index (χ4v) is 3.64. The average Bonchev–Trinajstić information content (AvgIpc) is 3.14. The summed E-state index contributed by atoms with van der Waals surface area (Å²) in [4.78, 5) is 23.4. The number of benzene rings is 2. The fourth-order valence-electron chi connectivity index (χ4n) is 2.45. The second-order valence-corrected chi connectivity index (χ2v) is 8.08. The molecule has 1 amide bonds. The lowest BCUT2D eigenvalue weighted by Crippen LogP contribution is -2.12. The highest BCUT2D eigenvalue weighted by Gasteiger charge is 2.18. The number of nitrogens with one attached hydrogen (secondary N) is 1. The monoisotopic (exact) mass is 466 g/mol. The first kappa shape index (κ1) is 21.9. The van der Waals surface area contributed by atoms with Crippen molar-refractivity contribution in [3.8, 4) is 17.2 Å². The molecule has 0 aliphatic carbocycles. The first-order chi connectivity index (χ1) is 14.2. The highest BCUT2D eigenvalue weighted by atomic mass is 35.5. The van der Waals surface area contributed by atoms with Gasteiger partial charge in [-0.25, -0.2) is 0 Å². The Balaban J connectivity index is 1.79. The number of hydrogen-bond acceptors (Lipinski definition) is 6. The van der Waals surface area contributed by atoms with Crippen LogP contribution in [0, 0.1) is 10.1 Å². The van der Waals surface area contributed by atoms with Crippen LogP contribution in [0.5, 0.6) is 17.2 Å². The van der Waals surface area contributed by atoms with Crippen molar-refractivity contribution in [1.82, 2.24) is 0 Å². The molecule has 3 rings (SSSR count). The van der Waals surface area contributed by atoms with Crippen LogP contribution in [0.15, 0.2) is 47.8 Å². The molecule has 2 aromatic carbocycles. The van der Waals surface area contributed by atoms with Crippen LogP contribution in [0.3, 0.4) is 0 Å². The summed E-state index contributed by atoms with van der Waals surface area (Å²) in [6.07, 6.45) is -0.105. The third-order valence-electron chi connectivity index (χ3n) is 3.74. The SMILES string of the molecule is CC(C)Oc1cc(NC(=O)c2sccc2Oc2ccc([N+](=O)[O-])cc2)c(Cl)cc1Cl. The van der Waals surface area contributed by atoms with E-state index in [9.17, 15) is 14.9 Å². The number of carbonyl (C=O) groups is 1. The van der Waals surface area contributed by atoms with Gasteiger partial charge in [-0.3, -0.25) is 14.9 Å². The van der Waals surface area contributed by atoms with Crippen LogP contribution < -0.4 is 14.8 Å². The van der Waals surface area contributed by atoms with E-state index in [2.05, 4.69) is 5.32 Å². The zero-order chi connectivity index (χ0) is 21.8. The van der Waals surface area contributed by atoms with Gasteiger partial charge in [0.1, 0.15) is 16.4 Å². The number of thiophene rings is 1. The summed E-state index contributed by atoms with van der Waals surface area (Å²) in [6.45, 7) is 3.72. The molecule has 0 saturated heterocycles. The Morgan fingerprint density at radius 2 is 1.80 bits per heavy atom. The molecule has 0 bridgehead atoms. The minimum Gasteiger partial charge on any atom is -0.489 e. The van der Waals surface area contributed by atoms with Crippen molar-refractivity contribution >= 4 is 51.8 Å². The Bertz CT molecular complexity index is 1080. The Hall–Kier alpha value is -2.81. The van der Waals surface area contributed by atoms with E-state index in [4.69, 9.17) is 32.7 Å². The van der Waals surface area contributed by atoms with Gasteiger partial charge in [0.15, 0.2) is 5.75 Å². The van der Waals surface area contributed by atoms with Crippen LogP contribution in [0.1, 0.15) is 23.5 Å². The van der Waals surface area contributed by atoms with E-state index < -0.39 is 10.8 Å². The zero-order valence-electron chi connectivity index (χ0n) is 15.8. The summed E-state index contributed by atoms with van der Waals surface area (Å²) in [5, 5.41) is 15.8. The molecular weight excluding hydrogens is 451 g/mol. The minimum absolute atomic E-state index is 0.0533. The Morgan fingerprint density at radius 1 is 1.10 bits per heavy atom. The lowest BCUT2D eigenvalue weighted by Gasteiger charge is -2.14. The van der Waals surface area contributed by atoms with E-state index in [1.807, 2.05) is 13.8 Å². The predicted octanol–water partition coefficient (Wildman–Crippen LogP) is 6.79. The number of halogens is 2. The molecule has 0 aliphatic rings. The van der Waals surface area contributed by atoms with Gasteiger partial charge < -0.3 is 14.8 Å². The number of rotatable bonds is 7. The predicted molar refractivity (Wildman–Crippen MR) is 118 cm³/mol. The van der Waals surface area contributed by atoms with Gasteiger partial charge in [0.05, 0.1) is 26.8 Å². The number of ether oxygens (including phenoxy) is 2. The van der Waals surface area contributed by atoms with Gasteiger partial charge in [-0.15, -0.1) is 11.3 Å². The Labute approximate surface area is 186 Å². The fraction of sp³-hybridized carbons (Fsp3) is 0.150. The van der Waals surface area contributed by atoms with Gasteiger partial charge in [0, 0.05) is 18.2 Å². The molecule has 10 heteroatoms. The number of hydrogen-bond donors (Lipinski definition) is 1. The van der Waals surface area contributed by atoms with Gasteiger partial charge in [0.2, 0.25) is 0 Å². The molecule has 0 aliphatic heterocycles. The number of non-ortho nitro benzene ring substituents is 1. The zero-order valence-corrected chi connectivity index (χ0v) is 18.2. The van der Waals surface area contributed by atoms with Gasteiger partial charge in [-0.05, 0) is 43.5 Å². The van der Waals surface area contributed by atoms with Crippen LogP contribution in [0.2, 0.25) is 10.0 Å². The molecule has 1 heterocycles. The van der Waals surface area contributed by atoms with Crippen molar-refractivity contribution in [3.63, 3.8) is 0 Å². The number of amides is 1. The minimum atomic E-state index is -0.500. The smallest absolute Gasteiger partial charge is 0.269 e. The summed E-state index contributed by atoms with van der Waals surface area (Å²) in [5.41, 5.74) is 0.291. The summed E-state index contributed by atoms with van der Waals surface area (Å²) in [7, 11) is 0. The molecule has 0 spiro atoms. The van der Waals surface area contributed by atoms with Crippen LogP contribution in [-0.4, -0.2) is 16.9 Å². The molecule has 30 heavy (non-hydrogen) atoms. The maximum absolute atomic E-state index is 12.8. The topological polar surface area (TPSA) is 90.7 Å². The second kappa shape index (κ2) is 9.34. The standard InChI is InChI=1S/C20H16Cl2N2O5S/c1-11(2)28-18-10-16(14(21)9-15(18)22)23-20(25)19-17(7-8-30-19)29-13-5-3-12(4-6-13)24(26)27/h3-11H,1-2H3,(H,23,25). The first-order valence-electron chi connectivity index (χ1n) is 8.71. The van der Waals surface area contributed by atoms with Gasteiger partial charge in [-0.1, -0.05) is 23.2 Å². The van der Waals surface area contributed by atoms with Crippen LogP contribution in [-0.2, 0) is 0 Å². The maximum atomic E-state index is 12.8.